The van der Waals surface area contributed by atoms with Crippen molar-refractivity contribution in [3.63, 3.8) is 0 Å². The molecule has 2 aliphatic heterocycles. The number of carbonyl (C=O) groups excluding carboxylic acids is 3. The summed E-state index contributed by atoms with van der Waals surface area (Å²) in [6, 6.07) is -0.535. The van der Waals surface area contributed by atoms with Crippen LogP contribution in [0.2, 0.25) is 0 Å². The molecule has 0 aromatic carbocycles. The number of fused-ring (bicyclic) bond motifs is 1. The number of amides is 1. The van der Waals surface area contributed by atoms with E-state index in [1.54, 1.807) is 27.9 Å². The third-order valence-corrected chi connectivity index (χ3v) is 5.70. The van der Waals surface area contributed by atoms with E-state index in [1.807, 2.05) is 6.92 Å². The molecule has 0 aromatic heterocycles. The summed E-state index contributed by atoms with van der Waals surface area (Å²) >= 11 is 0. The average molecular weight is 401 g/mol. The number of esters is 1. The SMILES string of the molecule is CO[C@@]1(C)CC[C@H](O)C(C)C(=O)OCC2OC(=O)OC2C(C)NC(=O)[C@H](C)C1. The molecule has 7 atom stereocenters. The molecule has 0 bridgehead atoms. The van der Waals surface area contributed by atoms with E-state index in [9.17, 15) is 19.5 Å². The fourth-order valence-corrected chi connectivity index (χ4v) is 3.59. The van der Waals surface area contributed by atoms with E-state index in [4.69, 9.17) is 18.9 Å². The van der Waals surface area contributed by atoms with Gasteiger partial charge in [-0.05, 0) is 40.0 Å². The van der Waals surface area contributed by atoms with Gasteiger partial charge in [-0.25, -0.2) is 4.79 Å². The summed E-state index contributed by atoms with van der Waals surface area (Å²) < 4.78 is 21.1. The standard InChI is InChI=1S/C19H31NO8/c1-10-8-19(4,25-5)7-6-13(21)11(2)17(23)26-9-14-15(28-18(24)27-14)12(3)20-16(10)22/h10-15,21H,6-9H2,1-5H3,(H,20,22)/t10-,11?,12?,13+,14?,15?,19+/m1/s1. The number of cyclic esters (lactones) is 1. The summed E-state index contributed by atoms with van der Waals surface area (Å²) in [6.07, 6.45) is -2.19. The van der Waals surface area contributed by atoms with Crippen LogP contribution in [0.25, 0.3) is 0 Å². The Morgan fingerprint density at radius 1 is 1.18 bits per heavy atom. The summed E-state index contributed by atoms with van der Waals surface area (Å²) in [5.74, 6) is -1.93. The lowest BCUT2D eigenvalue weighted by Gasteiger charge is -2.32. The quantitative estimate of drug-likeness (QED) is 0.628. The number of carbonyl (C=O) groups is 3. The van der Waals surface area contributed by atoms with Crippen molar-refractivity contribution in [3.05, 3.63) is 0 Å². The molecule has 0 aliphatic carbocycles. The van der Waals surface area contributed by atoms with Gasteiger partial charge in [0.25, 0.3) is 0 Å². The van der Waals surface area contributed by atoms with Crippen LogP contribution >= 0.6 is 0 Å². The molecule has 160 valence electrons. The zero-order valence-corrected chi connectivity index (χ0v) is 17.1. The van der Waals surface area contributed by atoms with Crippen LogP contribution in [0.15, 0.2) is 0 Å². The van der Waals surface area contributed by atoms with Crippen molar-refractivity contribution in [3.8, 4) is 0 Å². The van der Waals surface area contributed by atoms with Gasteiger partial charge in [0, 0.05) is 13.0 Å². The average Bonchev–Trinajstić information content (AvgIpc) is 3.03. The van der Waals surface area contributed by atoms with Crippen LogP contribution < -0.4 is 5.32 Å². The van der Waals surface area contributed by atoms with Gasteiger partial charge in [-0.15, -0.1) is 0 Å². The Labute approximate surface area is 165 Å². The first kappa shape index (κ1) is 22.4. The van der Waals surface area contributed by atoms with E-state index in [0.29, 0.717) is 19.3 Å². The van der Waals surface area contributed by atoms with Crippen molar-refractivity contribution >= 4 is 18.0 Å². The minimum Gasteiger partial charge on any atom is -0.461 e. The lowest BCUT2D eigenvalue weighted by atomic mass is 9.86. The van der Waals surface area contributed by atoms with Gasteiger partial charge in [-0.2, -0.15) is 0 Å². The second-order valence-corrected chi connectivity index (χ2v) is 8.07. The zero-order valence-electron chi connectivity index (χ0n) is 17.1. The maximum Gasteiger partial charge on any atom is 0.509 e. The lowest BCUT2D eigenvalue weighted by Crippen LogP contribution is -2.49. The lowest BCUT2D eigenvalue weighted by molar-refractivity contribution is -0.155. The number of rotatable bonds is 1. The Balaban J connectivity index is 2.23. The van der Waals surface area contributed by atoms with Crippen LogP contribution in [0.1, 0.15) is 47.0 Å². The predicted octanol–water partition coefficient (Wildman–Crippen LogP) is 1.16. The molecule has 1 amide bonds. The zero-order chi connectivity index (χ0) is 21.1. The van der Waals surface area contributed by atoms with Crippen LogP contribution in [-0.2, 0) is 28.5 Å². The normalized spacial score (nSPS) is 40.9. The van der Waals surface area contributed by atoms with Crippen molar-refractivity contribution < 1.29 is 38.4 Å². The molecule has 2 aliphatic rings. The van der Waals surface area contributed by atoms with Gasteiger partial charge in [0.1, 0.15) is 6.61 Å². The second-order valence-electron chi connectivity index (χ2n) is 8.07. The van der Waals surface area contributed by atoms with Gasteiger partial charge < -0.3 is 29.4 Å². The minimum atomic E-state index is -0.923. The molecule has 2 N–H and O–H groups in total. The van der Waals surface area contributed by atoms with Crippen molar-refractivity contribution in [1.29, 1.82) is 0 Å². The maximum atomic E-state index is 12.6. The molecule has 9 nitrogen and oxygen atoms in total. The molecule has 0 saturated carbocycles. The Bertz CT molecular complexity index is 596. The summed E-state index contributed by atoms with van der Waals surface area (Å²) in [6.45, 7) is 6.73. The molecule has 2 saturated heterocycles. The monoisotopic (exact) mass is 401 g/mol. The molecule has 2 rings (SSSR count). The number of hydrogen-bond donors (Lipinski definition) is 2. The van der Waals surface area contributed by atoms with Gasteiger partial charge >= 0.3 is 12.1 Å². The van der Waals surface area contributed by atoms with E-state index in [0.717, 1.165) is 0 Å². The number of aliphatic hydroxyl groups is 1. The highest BCUT2D eigenvalue weighted by atomic mass is 16.8. The number of ether oxygens (including phenoxy) is 4. The van der Waals surface area contributed by atoms with Crippen molar-refractivity contribution in [2.24, 2.45) is 11.8 Å². The van der Waals surface area contributed by atoms with Crippen LogP contribution in [0, 0.1) is 11.8 Å². The fourth-order valence-electron chi connectivity index (χ4n) is 3.59. The topological polar surface area (TPSA) is 120 Å². The van der Waals surface area contributed by atoms with Crippen molar-refractivity contribution in [2.75, 3.05) is 13.7 Å². The molecule has 2 heterocycles. The molecular formula is C19H31NO8. The molecule has 0 spiro atoms. The maximum absolute atomic E-state index is 12.6. The molecule has 4 unspecified atom stereocenters. The second kappa shape index (κ2) is 9.09. The molecule has 28 heavy (non-hydrogen) atoms. The third kappa shape index (κ3) is 5.35. The molecule has 0 radical (unpaired) electrons. The van der Waals surface area contributed by atoms with Gasteiger partial charge in [-0.3, -0.25) is 9.59 Å². The van der Waals surface area contributed by atoms with Crippen LogP contribution in [-0.4, -0.2) is 66.8 Å². The first-order valence-electron chi connectivity index (χ1n) is 9.64. The first-order valence-corrected chi connectivity index (χ1v) is 9.64. The molecule has 2 fully saturated rings. The highest BCUT2D eigenvalue weighted by Gasteiger charge is 2.43. The predicted molar refractivity (Wildman–Crippen MR) is 97.3 cm³/mol. The van der Waals surface area contributed by atoms with Crippen LogP contribution in [0.4, 0.5) is 4.79 Å². The van der Waals surface area contributed by atoms with Crippen LogP contribution in [0.5, 0.6) is 0 Å². The van der Waals surface area contributed by atoms with Crippen molar-refractivity contribution in [2.45, 2.75) is 76.9 Å². The fraction of sp³-hybridized carbons (Fsp3) is 0.842. The Morgan fingerprint density at radius 3 is 2.50 bits per heavy atom. The molecule has 0 aromatic rings. The van der Waals surface area contributed by atoms with Crippen LogP contribution in [0.3, 0.4) is 0 Å². The highest BCUT2D eigenvalue weighted by molar-refractivity contribution is 5.79. The summed E-state index contributed by atoms with van der Waals surface area (Å²) in [4.78, 5) is 36.5. The number of methoxy groups -OCH3 is 1. The summed E-state index contributed by atoms with van der Waals surface area (Å²) in [5, 5.41) is 13.2. The third-order valence-electron chi connectivity index (χ3n) is 5.70. The van der Waals surface area contributed by atoms with E-state index in [2.05, 4.69) is 5.32 Å². The van der Waals surface area contributed by atoms with Gasteiger partial charge in [0.15, 0.2) is 12.2 Å². The Kier molecular flexibility index (Phi) is 7.28. The number of hydrogen-bond acceptors (Lipinski definition) is 8. The van der Waals surface area contributed by atoms with Gasteiger partial charge in [-0.1, -0.05) is 6.92 Å². The van der Waals surface area contributed by atoms with E-state index >= 15 is 0 Å². The smallest absolute Gasteiger partial charge is 0.461 e. The van der Waals surface area contributed by atoms with Gasteiger partial charge in [0.05, 0.1) is 23.7 Å². The number of aliphatic hydroxyl groups excluding tert-OH is 1. The molecule has 9 heteroatoms. The summed E-state index contributed by atoms with van der Waals surface area (Å²) in [7, 11) is 1.56. The Hall–Kier alpha value is -1.87. The van der Waals surface area contributed by atoms with Crippen molar-refractivity contribution in [1.82, 2.24) is 5.32 Å². The largest absolute Gasteiger partial charge is 0.509 e. The van der Waals surface area contributed by atoms with Gasteiger partial charge in [0.2, 0.25) is 5.91 Å². The first-order chi connectivity index (χ1) is 13.1. The minimum absolute atomic E-state index is 0.210. The van der Waals surface area contributed by atoms with E-state index < -0.39 is 48.0 Å². The summed E-state index contributed by atoms with van der Waals surface area (Å²) in [5.41, 5.74) is -0.643. The number of nitrogens with one attached hydrogen (secondary N) is 1. The van der Waals surface area contributed by atoms with E-state index in [-0.39, 0.29) is 18.4 Å². The molecular weight excluding hydrogens is 370 g/mol. The Morgan fingerprint density at radius 2 is 1.86 bits per heavy atom. The van der Waals surface area contributed by atoms with E-state index in [1.165, 1.54) is 0 Å². The highest BCUT2D eigenvalue weighted by Crippen LogP contribution is 2.29.